The number of carbonyl (C=O) groups is 1. The summed E-state index contributed by atoms with van der Waals surface area (Å²) in [6, 6.07) is 0. The van der Waals surface area contributed by atoms with Crippen LogP contribution in [0.1, 0.15) is 25.7 Å². The first-order valence-corrected chi connectivity index (χ1v) is 5.83. The molecule has 3 unspecified atom stereocenters. The lowest BCUT2D eigenvalue weighted by Crippen LogP contribution is -2.27. The molecule has 0 spiro atoms. The quantitative estimate of drug-likeness (QED) is 0.703. The zero-order chi connectivity index (χ0) is 11.1. The lowest BCUT2D eigenvalue weighted by atomic mass is 9.88. The van der Waals surface area contributed by atoms with E-state index in [1.165, 1.54) is 25.5 Å². The third kappa shape index (κ3) is 1.47. The number of aromatic nitrogens is 2. The van der Waals surface area contributed by atoms with Crippen molar-refractivity contribution in [3.8, 4) is 0 Å². The SMILES string of the molecule is Nc1cn[nH]c1NC(=O)C1CC2CCC1C2. The van der Waals surface area contributed by atoms with Crippen molar-refractivity contribution in [2.24, 2.45) is 17.8 Å². The molecule has 2 bridgehead atoms. The summed E-state index contributed by atoms with van der Waals surface area (Å²) in [5, 5.41) is 9.32. The molecule has 1 heterocycles. The summed E-state index contributed by atoms with van der Waals surface area (Å²) in [7, 11) is 0. The van der Waals surface area contributed by atoms with Crippen LogP contribution in [0.2, 0.25) is 0 Å². The number of nitrogens with one attached hydrogen (secondary N) is 2. The lowest BCUT2D eigenvalue weighted by molar-refractivity contribution is -0.121. The molecular formula is C11H16N4O. The van der Waals surface area contributed by atoms with E-state index < -0.39 is 0 Å². The van der Waals surface area contributed by atoms with Crippen LogP contribution >= 0.6 is 0 Å². The van der Waals surface area contributed by atoms with E-state index in [1.807, 2.05) is 0 Å². The van der Waals surface area contributed by atoms with E-state index in [0.717, 1.165) is 12.3 Å². The van der Waals surface area contributed by atoms with Crippen LogP contribution in [-0.2, 0) is 4.79 Å². The summed E-state index contributed by atoms with van der Waals surface area (Å²) >= 11 is 0. The van der Waals surface area contributed by atoms with Gasteiger partial charge in [0, 0.05) is 5.92 Å². The molecule has 3 rings (SSSR count). The number of carbonyl (C=O) groups excluding carboxylic acids is 1. The fourth-order valence-corrected chi connectivity index (χ4v) is 3.18. The Bertz CT molecular complexity index is 414. The molecule has 1 amide bonds. The summed E-state index contributed by atoms with van der Waals surface area (Å²) in [6.45, 7) is 0. The number of hydrogen-bond acceptors (Lipinski definition) is 3. The summed E-state index contributed by atoms with van der Waals surface area (Å²) < 4.78 is 0. The van der Waals surface area contributed by atoms with Gasteiger partial charge in [-0.15, -0.1) is 0 Å². The average molecular weight is 220 g/mol. The van der Waals surface area contributed by atoms with Gasteiger partial charge in [0.15, 0.2) is 5.82 Å². The molecule has 2 aliphatic carbocycles. The van der Waals surface area contributed by atoms with E-state index >= 15 is 0 Å². The Kier molecular flexibility index (Phi) is 2.12. The second-order valence-electron chi connectivity index (χ2n) is 4.97. The highest BCUT2D eigenvalue weighted by molar-refractivity contribution is 5.94. The number of amides is 1. The largest absolute Gasteiger partial charge is 0.394 e. The third-order valence-electron chi connectivity index (χ3n) is 3.99. The average Bonchev–Trinajstić information content (AvgIpc) is 2.95. The van der Waals surface area contributed by atoms with Gasteiger partial charge in [0.2, 0.25) is 5.91 Å². The summed E-state index contributed by atoms with van der Waals surface area (Å²) in [5.74, 6) is 2.19. The Morgan fingerprint density at radius 1 is 1.50 bits per heavy atom. The minimum absolute atomic E-state index is 0.100. The van der Waals surface area contributed by atoms with Crippen LogP contribution in [0.25, 0.3) is 0 Å². The van der Waals surface area contributed by atoms with E-state index in [1.54, 1.807) is 0 Å². The van der Waals surface area contributed by atoms with Crippen molar-refractivity contribution in [3.05, 3.63) is 6.20 Å². The first-order valence-electron chi connectivity index (χ1n) is 5.83. The molecule has 0 aromatic carbocycles. The Balaban J connectivity index is 1.68. The zero-order valence-corrected chi connectivity index (χ0v) is 9.07. The van der Waals surface area contributed by atoms with Crippen molar-refractivity contribution in [2.75, 3.05) is 11.1 Å². The Morgan fingerprint density at radius 2 is 2.38 bits per heavy atom. The summed E-state index contributed by atoms with van der Waals surface area (Å²) in [5.41, 5.74) is 6.15. The molecule has 1 aromatic heterocycles. The van der Waals surface area contributed by atoms with E-state index in [9.17, 15) is 4.79 Å². The summed E-state index contributed by atoms with van der Waals surface area (Å²) in [6.07, 6.45) is 6.30. The van der Waals surface area contributed by atoms with Crippen LogP contribution in [0.5, 0.6) is 0 Å². The number of anilines is 2. The van der Waals surface area contributed by atoms with Gasteiger partial charge >= 0.3 is 0 Å². The van der Waals surface area contributed by atoms with Crippen LogP contribution < -0.4 is 11.1 Å². The molecule has 16 heavy (non-hydrogen) atoms. The molecule has 5 nitrogen and oxygen atoms in total. The minimum Gasteiger partial charge on any atom is -0.394 e. The van der Waals surface area contributed by atoms with Gasteiger partial charge in [0.05, 0.1) is 11.9 Å². The van der Waals surface area contributed by atoms with Gasteiger partial charge in [0.1, 0.15) is 0 Å². The second-order valence-corrected chi connectivity index (χ2v) is 4.97. The number of aromatic amines is 1. The number of nitrogens with two attached hydrogens (primary N) is 1. The van der Waals surface area contributed by atoms with Crippen LogP contribution in [0.3, 0.4) is 0 Å². The van der Waals surface area contributed by atoms with E-state index in [2.05, 4.69) is 15.5 Å². The van der Waals surface area contributed by atoms with Crippen molar-refractivity contribution in [3.63, 3.8) is 0 Å². The van der Waals surface area contributed by atoms with Crippen molar-refractivity contribution >= 4 is 17.4 Å². The van der Waals surface area contributed by atoms with E-state index in [4.69, 9.17) is 5.73 Å². The molecule has 3 atom stereocenters. The highest BCUT2D eigenvalue weighted by Crippen LogP contribution is 2.48. The van der Waals surface area contributed by atoms with Gasteiger partial charge in [-0.1, -0.05) is 6.42 Å². The molecule has 4 N–H and O–H groups in total. The lowest BCUT2D eigenvalue weighted by Gasteiger charge is -2.20. The van der Waals surface area contributed by atoms with E-state index in [-0.39, 0.29) is 11.8 Å². The highest BCUT2D eigenvalue weighted by atomic mass is 16.2. The second kappa shape index (κ2) is 3.50. The normalized spacial score (nSPS) is 31.9. The zero-order valence-electron chi connectivity index (χ0n) is 9.07. The maximum absolute atomic E-state index is 12.0. The van der Waals surface area contributed by atoms with Crippen molar-refractivity contribution in [1.29, 1.82) is 0 Å². The minimum atomic E-state index is 0.100. The van der Waals surface area contributed by atoms with Gasteiger partial charge in [-0.25, -0.2) is 0 Å². The summed E-state index contributed by atoms with van der Waals surface area (Å²) in [4.78, 5) is 12.0. The number of fused-ring (bicyclic) bond motifs is 2. The Morgan fingerprint density at radius 3 is 2.94 bits per heavy atom. The third-order valence-corrected chi connectivity index (χ3v) is 3.99. The fraction of sp³-hybridized carbons (Fsp3) is 0.636. The maximum Gasteiger partial charge on any atom is 0.228 e. The molecule has 0 radical (unpaired) electrons. The number of nitrogen functional groups attached to an aromatic ring is 1. The van der Waals surface area contributed by atoms with Gasteiger partial charge in [-0.05, 0) is 31.1 Å². The molecule has 0 aliphatic heterocycles. The van der Waals surface area contributed by atoms with Crippen molar-refractivity contribution < 1.29 is 4.79 Å². The fourth-order valence-electron chi connectivity index (χ4n) is 3.18. The molecule has 1 aromatic rings. The molecule has 5 heteroatoms. The van der Waals surface area contributed by atoms with Gasteiger partial charge in [0.25, 0.3) is 0 Å². The standard InChI is InChI=1S/C11H16N4O/c12-9-5-13-15-10(9)14-11(16)8-4-6-1-2-7(8)3-6/h5-8H,1-4,12H2,(H2,13,14,15,16). The first-order chi connectivity index (χ1) is 7.74. The van der Waals surface area contributed by atoms with Crippen LogP contribution in [-0.4, -0.2) is 16.1 Å². The van der Waals surface area contributed by atoms with Gasteiger partial charge < -0.3 is 11.1 Å². The molecule has 2 saturated carbocycles. The maximum atomic E-state index is 12.0. The smallest absolute Gasteiger partial charge is 0.228 e. The Hall–Kier alpha value is -1.52. The van der Waals surface area contributed by atoms with E-state index in [0.29, 0.717) is 17.4 Å². The van der Waals surface area contributed by atoms with Crippen LogP contribution in [0, 0.1) is 17.8 Å². The van der Waals surface area contributed by atoms with Crippen LogP contribution in [0.15, 0.2) is 6.20 Å². The van der Waals surface area contributed by atoms with Crippen molar-refractivity contribution in [2.45, 2.75) is 25.7 Å². The number of H-pyrrole nitrogens is 1. The van der Waals surface area contributed by atoms with Gasteiger partial charge in [-0.2, -0.15) is 5.10 Å². The number of rotatable bonds is 2. The van der Waals surface area contributed by atoms with Crippen LogP contribution in [0.4, 0.5) is 11.5 Å². The van der Waals surface area contributed by atoms with Crippen molar-refractivity contribution in [1.82, 2.24) is 10.2 Å². The molecular weight excluding hydrogens is 204 g/mol. The molecule has 2 aliphatic rings. The first kappa shape index (κ1) is 9.69. The van der Waals surface area contributed by atoms with Gasteiger partial charge in [-0.3, -0.25) is 9.89 Å². The monoisotopic (exact) mass is 220 g/mol. The molecule has 2 fully saturated rings. The highest BCUT2D eigenvalue weighted by Gasteiger charge is 2.43. The molecule has 86 valence electrons. The number of hydrogen-bond donors (Lipinski definition) is 3. The predicted molar refractivity (Wildman–Crippen MR) is 60.6 cm³/mol. The molecule has 0 saturated heterocycles. The predicted octanol–water partition coefficient (Wildman–Crippen LogP) is 1.37. The Labute approximate surface area is 93.8 Å². The topological polar surface area (TPSA) is 83.8 Å². The number of nitrogens with zero attached hydrogens (tertiary/aromatic N) is 1.